The molecule has 0 aliphatic heterocycles. The average Bonchev–Trinajstić information content (AvgIpc) is 2.76. The summed E-state index contributed by atoms with van der Waals surface area (Å²) in [7, 11) is -3.45. The van der Waals surface area contributed by atoms with Crippen LogP contribution < -0.4 is 4.72 Å². The van der Waals surface area contributed by atoms with E-state index in [1.165, 1.54) is 6.07 Å². The summed E-state index contributed by atoms with van der Waals surface area (Å²) < 4.78 is 26.9. The summed E-state index contributed by atoms with van der Waals surface area (Å²) >= 11 is 1.13. The molecule has 1 aromatic heterocycles. The van der Waals surface area contributed by atoms with E-state index in [0.29, 0.717) is 11.5 Å². The molecular formula is C11H19NO3S2. The molecule has 0 radical (unpaired) electrons. The van der Waals surface area contributed by atoms with Crippen LogP contribution in [0.4, 0.5) is 0 Å². The third-order valence-electron chi connectivity index (χ3n) is 2.92. The van der Waals surface area contributed by atoms with Crippen LogP contribution in [0.3, 0.4) is 0 Å². The predicted octanol–water partition coefficient (Wildman–Crippen LogP) is 1.95. The van der Waals surface area contributed by atoms with E-state index >= 15 is 0 Å². The first kappa shape index (κ1) is 14.6. The topological polar surface area (TPSA) is 66.4 Å². The molecule has 0 fully saturated rings. The van der Waals surface area contributed by atoms with Crippen LogP contribution in [0.2, 0.25) is 0 Å². The van der Waals surface area contributed by atoms with E-state index in [4.69, 9.17) is 5.11 Å². The molecule has 2 atom stereocenters. The van der Waals surface area contributed by atoms with Gasteiger partial charge in [-0.3, -0.25) is 0 Å². The number of thiophene rings is 1. The second-order valence-corrected chi connectivity index (χ2v) is 7.08. The fourth-order valence-electron chi connectivity index (χ4n) is 1.35. The Balaban J connectivity index is 2.81. The predicted molar refractivity (Wildman–Crippen MR) is 69.5 cm³/mol. The second-order valence-electron chi connectivity index (χ2n) is 4.23. The molecule has 17 heavy (non-hydrogen) atoms. The molecule has 1 heterocycles. The molecule has 1 rings (SSSR count). The van der Waals surface area contributed by atoms with Gasteiger partial charge in [0.15, 0.2) is 0 Å². The SMILES string of the molecule is CCC(C)C(C)NS(=O)(=O)c1cc(CO)cs1. The number of hydrogen-bond acceptors (Lipinski definition) is 4. The summed E-state index contributed by atoms with van der Waals surface area (Å²) in [6.45, 7) is 5.78. The van der Waals surface area contributed by atoms with Gasteiger partial charge in [0, 0.05) is 6.04 Å². The highest BCUT2D eigenvalue weighted by Gasteiger charge is 2.21. The van der Waals surface area contributed by atoms with Crippen molar-refractivity contribution in [1.29, 1.82) is 0 Å². The van der Waals surface area contributed by atoms with Crippen molar-refractivity contribution in [3.05, 3.63) is 17.0 Å². The Kier molecular flexibility index (Phi) is 5.12. The maximum Gasteiger partial charge on any atom is 0.250 e. The van der Waals surface area contributed by atoms with Crippen LogP contribution >= 0.6 is 11.3 Å². The van der Waals surface area contributed by atoms with Crippen molar-refractivity contribution in [2.24, 2.45) is 5.92 Å². The van der Waals surface area contributed by atoms with Gasteiger partial charge in [0.25, 0.3) is 0 Å². The molecule has 98 valence electrons. The molecule has 6 heteroatoms. The minimum atomic E-state index is -3.45. The number of nitrogens with one attached hydrogen (secondary N) is 1. The maximum atomic E-state index is 12.0. The first-order valence-corrected chi connectivity index (χ1v) is 7.97. The maximum absolute atomic E-state index is 12.0. The highest BCUT2D eigenvalue weighted by molar-refractivity contribution is 7.91. The third kappa shape index (κ3) is 3.77. The first-order chi connectivity index (χ1) is 7.90. The quantitative estimate of drug-likeness (QED) is 0.835. The molecule has 0 amide bonds. The Bertz CT molecular complexity index is 453. The van der Waals surface area contributed by atoms with Crippen LogP contribution in [-0.2, 0) is 16.6 Å². The zero-order valence-corrected chi connectivity index (χ0v) is 11.9. The Morgan fingerprint density at radius 3 is 2.59 bits per heavy atom. The fraction of sp³-hybridized carbons (Fsp3) is 0.636. The fourth-order valence-corrected chi connectivity index (χ4v) is 3.92. The van der Waals surface area contributed by atoms with Crippen molar-refractivity contribution >= 4 is 21.4 Å². The number of hydrogen-bond donors (Lipinski definition) is 2. The third-order valence-corrected chi connectivity index (χ3v) is 5.96. The number of sulfonamides is 1. The van der Waals surface area contributed by atoms with Crippen molar-refractivity contribution in [3.63, 3.8) is 0 Å². The lowest BCUT2D eigenvalue weighted by atomic mass is 10.0. The van der Waals surface area contributed by atoms with Gasteiger partial charge < -0.3 is 5.11 Å². The zero-order valence-electron chi connectivity index (χ0n) is 10.3. The van der Waals surface area contributed by atoms with Crippen molar-refractivity contribution < 1.29 is 13.5 Å². The highest BCUT2D eigenvalue weighted by Crippen LogP contribution is 2.21. The summed E-state index contributed by atoms with van der Waals surface area (Å²) in [4.78, 5) is 0. The summed E-state index contributed by atoms with van der Waals surface area (Å²) in [5.41, 5.74) is 0.631. The lowest BCUT2D eigenvalue weighted by Crippen LogP contribution is -2.36. The van der Waals surface area contributed by atoms with E-state index in [9.17, 15) is 8.42 Å². The van der Waals surface area contributed by atoms with Gasteiger partial charge >= 0.3 is 0 Å². The van der Waals surface area contributed by atoms with Gasteiger partial charge in [-0.2, -0.15) is 0 Å². The molecule has 0 aromatic carbocycles. The minimum Gasteiger partial charge on any atom is -0.392 e. The lowest BCUT2D eigenvalue weighted by molar-refractivity contribution is 0.282. The number of aliphatic hydroxyl groups excluding tert-OH is 1. The smallest absolute Gasteiger partial charge is 0.250 e. The molecule has 0 spiro atoms. The summed E-state index contributed by atoms with van der Waals surface area (Å²) in [5, 5.41) is 10.6. The summed E-state index contributed by atoms with van der Waals surface area (Å²) in [5.74, 6) is 0.294. The monoisotopic (exact) mass is 277 g/mol. The van der Waals surface area contributed by atoms with Gasteiger partial charge in [0.2, 0.25) is 10.0 Å². The standard InChI is InChI=1S/C11H19NO3S2/c1-4-8(2)9(3)12-17(14,15)11-5-10(6-13)7-16-11/h5,7-9,12-13H,4,6H2,1-3H3. The molecular weight excluding hydrogens is 258 g/mol. The molecule has 4 nitrogen and oxygen atoms in total. The van der Waals surface area contributed by atoms with Crippen LogP contribution in [0.1, 0.15) is 32.8 Å². The Labute approximate surface area is 107 Å². The first-order valence-electron chi connectivity index (χ1n) is 5.61. The van der Waals surface area contributed by atoms with Crippen LogP contribution in [-0.4, -0.2) is 19.6 Å². The molecule has 1 aromatic rings. The Morgan fingerprint density at radius 1 is 1.47 bits per heavy atom. The molecule has 0 saturated heterocycles. The van der Waals surface area contributed by atoms with Crippen molar-refractivity contribution in [2.75, 3.05) is 0 Å². The summed E-state index contributed by atoms with van der Waals surface area (Å²) in [6, 6.07) is 1.42. The average molecular weight is 277 g/mol. The van der Waals surface area contributed by atoms with E-state index in [-0.39, 0.29) is 16.9 Å². The molecule has 0 saturated carbocycles. The van der Waals surface area contributed by atoms with Gasteiger partial charge in [-0.05, 0) is 29.9 Å². The second kappa shape index (κ2) is 5.95. The van der Waals surface area contributed by atoms with E-state index in [1.54, 1.807) is 5.38 Å². The summed E-state index contributed by atoms with van der Waals surface area (Å²) in [6.07, 6.45) is 0.927. The van der Waals surface area contributed by atoms with E-state index < -0.39 is 10.0 Å². The molecule has 0 aliphatic rings. The number of aliphatic hydroxyl groups is 1. The zero-order chi connectivity index (χ0) is 13.1. The molecule has 2 unspecified atom stereocenters. The lowest BCUT2D eigenvalue weighted by Gasteiger charge is -2.19. The van der Waals surface area contributed by atoms with Crippen molar-refractivity contribution in [2.45, 2.75) is 44.0 Å². The van der Waals surface area contributed by atoms with Crippen molar-refractivity contribution in [3.8, 4) is 0 Å². The van der Waals surface area contributed by atoms with Crippen LogP contribution in [0.15, 0.2) is 15.7 Å². The Hall–Kier alpha value is -0.430. The van der Waals surface area contributed by atoms with Gasteiger partial charge in [0.05, 0.1) is 6.61 Å². The molecule has 2 N–H and O–H groups in total. The highest BCUT2D eigenvalue weighted by atomic mass is 32.2. The Morgan fingerprint density at radius 2 is 2.12 bits per heavy atom. The normalized spacial score (nSPS) is 15.8. The van der Waals surface area contributed by atoms with Crippen LogP contribution in [0.25, 0.3) is 0 Å². The van der Waals surface area contributed by atoms with Gasteiger partial charge in [-0.15, -0.1) is 11.3 Å². The van der Waals surface area contributed by atoms with Gasteiger partial charge in [0.1, 0.15) is 4.21 Å². The minimum absolute atomic E-state index is 0.0929. The largest absolute Gasteiger partial charge is 0.392 e. The van der Waals surface area contributed by atoms with E-state index in [0.717, 1.165) is 17.8 Å². The number of rotatable bonds is 6. The molecule has 0 bridgehead atoms. The van der Waals surface area contributed by atoms with E-state index in [2.05, 4.69) is 4.72 Å². The van der Waals surface area contributed by atoms with E-state index in [1.807, 2.05) is 20.8 Å². The molecule has 0 aliphatic carbocycles. The van der Waals surface area contributed by atoms with Crippen molar-refractivity contribution in [1.82, 2.24) is 4.72 Å². The van der Waals surface area contributed by atoms with Gasteiger partial charge in [-0.25, -0.2) is 13.1 Å². The van der Waals surface area contributed by atoms with Crippen LogP contribution in [0, 0.1) is 5.92 Å². The van der Waals surface area contributed by atoms with Crippen LogP contribution in [0.5, 0.6) is 0 Å². The van der Waals surface area contributed by atoms with Gasteiger partial charge in [-0.1, -0.05) is 20.3 Å².